The lowest BCUT2D eigenvalue weighted by molar-refractivity contribution is 0.350. The van der Waals surface area contributed by atoms with Crippen LogP contribution in [0.1, 0.15) is 12.5 Å². The summed E-state index contributed by atoms with van der Waals surface area (Å²) in [5, 5.41) is 12.6. The third kappa shape index (κ3) is 3.84. The summed E-state index contributed by atoms with van der Waals surface area (Å²) in [6.45, 7) is 2.35. The number of aromatic nitrogens is 2. The van der Waals surface area contributed by atoms with Gasteiger partial charge < -0.3 is 5.11 Å². The molecule has 0 radical (unpaired) electrons. The molecule has 1 heterocycles. The summed E-state index contributed by atoms with van der Waals surface area (Å²) in [6, 6.07) is 6.11. The van der Waals surface area contributed by atoms with Crippen molar-refractivity contribution >= 4 is 15.7 Å². The van der Waals surface area contributed by atoms with Crippen molar-refractivity contribution in [2.45, 2.75) is 18.4 Å². The molecule has 2 rings (SSSR count). The van der Waals surface area contributed by atoms with Crippen LogP contribution in [0.2, 0.25) is 0 Å². The Bertz CT molecular complexity index is 768. The van der Waals surface area contributed by atoms with Gasteiger partial charge in [-0.05, 0) is 31.2 Å². The van der Waals surface area contributed by atoms with Gasteiger partial charge in [-0.1, -0.05) is 11.8 Å². The van der Waals surface area contributed by atoms with E-state index in [0.717, 1.165) is 0 Å². The standard InChI is InChI=1S/C14H15N3O3S/c1-2-17-11-13(10-15-17)16-21(19,20)14-7-5-12(6-8-14)4-3-9-18/h5-8,10-11,16,18H,2,9H2,1H3. The summed E-state index contributed by atoms with van der Waals surface area (Å²) in [5.41, 5.74) is 1.06. The minimum absolute atomic E-state index is 0.140. The first-order valence-corrected chi connectivity index (χ1v) is 7.78. The number of aliphatic hydroxyl groups is 1. The molecule has 0 spiro atoms. The summed E-state index contributed by atoms with van der Waals surface area (Å²) in [6.07, 6.45) is 3.08. The van der Waals surface area contributed by atoms with Crippen molar-refractivity contribution < 1.29 is 13.5 Å². The summed E-state index contributed by atoms with van der Waals surface area (Å²) in [7, 11) is -3.65. The van der Waals surface area contributed by atoms with E-state index in [-0.39, 0.29) is 11.5 Å². The molecule has 0 bridgehead atoms. The molecule has 1 aromatic carbocycles. The van der Waals surface area contributed by atoms with Gasteiger partial charge in [0.2, 0.25) is 0 Å². The van der Waals surface area contributed by atoms with Crippen LogP contribution in [0, 0.1) is 11.8 Å². The third-order valence-corrected chi connectivity index (χ3v) is 4.08. The molecule has 0 amide bonds. The number of hydrogen-bond donors (Lipinski definition) is 2. The van der Waals surface area contributed by atoms with Gasteiger partial charge in [0, 0.05) is 18.3 Å². The summed E-state index contributed by atoms with van der Waals surface area (Å²) < 4.78 is 28.5. The fraction of sp³-hybridized carbons (Fsp3) is 0.214. The molecule has 0 aliphatic heterocycles. The maximum atomic E-state index is 12.2. The van der Waals surface area contributed by atoms with Crippen LogP contribution in [0.4, 0.5) is 5.69 Å². The Morgan fingerprint density at radius 3 is 2.62 bits per heavy atom. The highest BCUT2D eigenvalue weighted by molar-refractivity contribution is 7.92. The van der Waals surface area contributed by atoms with E-state index in [1.54, 1.807) is 23.0 Å². The maximum absolute atomic E-state index is 12.2. The lowest BCUT2D eigenvalue weighted by Crippen LogP contribution is -2.12. The molecule has 0 aliphatic rings. The molecule has 2 aromatic rings. The number of aryl methyl sites for hydroxylation is 1. The zero-order chi connectivity index (χ0) is 15.3. The molecule has 0 unspecified atom stereocenters. The van der Waals surface area contributed by atoms with Gasteiger partial charge >= 0.3 is 0 Å². The quantitative estimate of drug-likeness (QED) is 0.827. The Balaban J connectivity index is 2.19. The highest BCUT2D eigenvalue weighted by Crippen LogP contribution is 2.15. The first kappa shape index (κ1) is 15.1. The van der Waals surface area contributed by atoms with Crippen molar-refractivity contribution in [1.29, 1.82) is 0 Å². The SMILES string of the molecule is CCn1cc(NS(=O)(=O)c2ccc(C#CCO)cc2)cn1. The van der Waals surface area contributed by atoms with E-state index in [9.17, 15) is 8.42 Å². The second-order valence-corrected chi connectivity index (χ2v) is 5.86. The number of benzene rings is 1. The fourth-order valence-electron chi connectivity index (χ4n) is 1.66. The largest absolute Gasteiger partial charge is 0.384 e. The van der Waals surface area contributed by atoms with Crippen molar-refractivity contribution in [3.05, 3.63) is 42.2 Å². The molecule has 0 saturated carbocycles. The molecule has 110 valence electrons. The van der Waals surface area contributed by atoms with Gasteiger partial charge in [0.25, 0.3) is 10.0 Å². The molecule has 7 heteroatoms. The van der Waals surface area contributed by atoms with E-state index in [0.29, 0.717) is 17.8 Å². The first-order valence-electron chi connectivity index (χ1n) is 6.30. The van der Waals surface area contributed by atoms with E-state index in [2.05, 4.69) is 21.7 Å². The number of nitrogens with zero attached hydrogens (tertiary/aromatic N) is 2. The normalized spacial score (nSPS) is 10.8. The highest BCUT2D eigenvalue weighted by atomic mass is 32.2. The third-order valence-electron chi connectivity index (χ3n) is 2.69. The van der Waals surface area contributed by atoms with Crippen LogP contribution in [0.5, 0.6) is 0 Å². The molecule has 0 aliphatic carbocycles. The molecule has 2 N–H and O–H groups in total. The van der Waals surface area contributed by atoms with Gasteiger partial charge in [-0.25, -0.2) is 8.42 Å². The summed E-state index contributed by atoms with van der Waals surface area (Å²) in [5.74, 6) is 5.21. The molecular weight excluding hydrogens is 290 g/mol. The summed E-state index contributed by atoms with van der Waals surface area (Å²) in [4.78, 5) is 0.140. The van der Waals surface area contributed by atoms with E-state index >= 15 is 0 Å². The summed E-state index contributed by atoms with van der Waals surface area (Å²) >= 11 is 0. The highest BCUT2D eigenvalue weighted by Gasteiger charge is 2.14. The van der Waals surface area contributed by atoms with Crippen LogP contribution in [0.15, 0.2) is 41.6 Å². The number of nitrogens with one attached hydrogen (secondary N) is 1. The molecular formula is C14H15N3O3S. The maximum Gasteiger partial charge on any atom is 0.261 e. The second kappa shape index (κ2) is 6.43. The minimum Gasteiger partial charge on any atom is -0.384 e. The zero-order valence-corrected chi connectivity index (χ0v) is 12.3. The predicted octanol–water partition coefficient (Wildman–Crippen LogP) is 1.05. The topological polar surface area (TPSA) is 84.2 Å². The smallest absolute Gasteiger partial charge is 0.261 e. The van der Waals surface area contributed by atoms with Gasteiger partial charge in [0.1, 0.15) is 6.61 Å². The molecule has 0 atom stereocenters. The van der Waals surface area contributed by atoms with Gasteiger partial charge in [-0.2, -0.15) is 5.10 Å². The van der Waals surface area contributed by atoms with E-state index in [1.165, 1.54) is 18.3 Å². The van der Waals surface area contributed by atoms with Crippen LogP contribution in [0.3, 0.4) is 0 Å². The monoisotopic (exact) mass is 305 g/mol. The van der Waals surface area contributed by atoms with E-state index < -0.39 is 10.0 Å². The molecule has 0 saturated heterocycles. The van der Waals surface area contributed by atoms with E-state index in [4.69, 9.17) is 5.11 Å². The molecule has 6 nitrogen and oxygen atoms in total. The lowest BCUT2D eigenvalue weighted by Gasteiger charge is -2.05. The van der Waals surface area contributed by atoms with Crippen molar-refractivity contribution in [2.24, 2.45) is 0 Å². The molecule has 21 heavy (non-hydrogen) atoms. The predicted molar refractivity (Wildman–Crippen MR) is 79.1 cm³/mol. The van der Waals surface area contributed by atoms with Gasteiger partial charge in [0.05, 0.1) is 16.8 Å². The van der Waals surface area contributed by atoms with Crippen LogP contribution >= 0.6 is 0 Å². The second-order valence-electron chi connectivity index (χ2n) is 4.17. The van der Waals surface area contributed by atoms with Crippen molar-refractivity contribution in [2.75, 3.05) is 11.3 Å². The Morgan fingerprint density at radius 1 is 1.33 bits per heavy atom. The van der Waals surface area contributed by atoms with Crippen LogP contribution in [-0.4, -0.2) is 29.9 Å². The number of aliphatic hydroxyl groups excluding tert-OH is 1. The van der Waals surface area contributed by atoms with Gasteiger partial charge in [0.15, 0.2) is 0 Å². The first-order chi connectivity index (χ1) is 10.0. The van der Waals surface area contributed by atoms with Crippen molar-refractivity contribution in [3.63, 3.8) is 0 Å². The number of hydrogen-bond acceptors (Lipinski definition) is 4. The van der Waals surface area contributed by atoms with Crippen molar-refractivity contribution in [1.82, 2.24) is 9.78 Å². The van der Waals surface area contributed by atoms with Crippen LogP contribution in [-0.2, 0) is 16.6 Å². The Labute approximate surface area is 123 Å². The van der Waals surface area contributed by atoms with E-state index in [1.807, 2.05) is 6.92 Å². The number of anilines is 1. The van der Waals surface area contributed by atoms with Gasteiger partial charge in [-0.15, -0.1) is 0 Å². The Kier molecular flexibility index (Phi) is 4.62. The Hall–Kier alpha value is -2.30. The van der Waals surface area contributed by atoms with Crippen LogP contribution in [0.25, 0.3) is 0 Å². The van der Waals surface area contributed by atoms with Gasteiger partial charge in [-0.3, -0.25) is 9.40 Å². The Morgan fingerprint density at radius 2 is 2.05 bits per heavy atom. The average molecular weight is 305 g/mol. The average Bonchev–Trinajstić information content (AvgIpc) is 2.92. The lowest BCUT2D eigenvalue weighted by atomic mass is 10.2. The van der Waals surface area contributed by atoms with Crippen LogP contribution < -0.4 is 4.72 Å². The fourth-order valence-corrected chi connectivity index (χ4v) is 2.69. The zero-order valence-electron chi connectivity index (χ0n) is 11.4. The number of rotatable bonds is 4. The molecule has 0 fully saturated rings. The van der Waals surface area contributed by atoms with Crippen molar-refractivity contribution in [3.8, 4) is 11.8 Å². The number of sulfonamides is 1. The minimum atomic E-state index is -3.65. The molecule has 1 aromatic heterocycles.